The van der Waals surface area contributed by atoms with E-state index in [2.05, 4.69) is 21.2 Å². The summed E-state index contributed by atoms with van der Waals surface area (Å²) >= 11 is 3.32. The molecule has 2 amide bonds. The summed E-state index contributed by atoms with van der Waals surface area (Å²) in [7, 11) is 0. The molecule has 0 bridgehead atoms. The number of nitrogens with one attached hydrogen (secondary N) is 1. The lowest BCUT2D eigenvalue weighted by molar-refractivity contribution is -0.144. The second kappa shape index (κ2) is 5.62. The largest absolute Gasteiger partial charge is 0.480 e. The van der Waals surface area contributed by atoms with Crippen molar-refractivity contribution in [2.45, 2.75) is 13.0 Å². The van der Waals surface area contributed by atoms with Gasteiger partial charge in [-0.05, 0) is 34.5 Å². The van der Waals surface area contributed by atoms with Crippen molar-refractivity contribution in [3.63, 3.8) is 0 Å². The number of carbonyl (C=O) groups is 3. The Balaban J connectivity index is 2.36. The molecule has 0 aromatic heterocycles. The number of amides is 2. The van der Waals surface area contributed by atoms with E-state index in [1.54, 1.807) is 12.1 Å². The minimum absolute atomic E-state index is 0.0800. The highest BCUT2D eigenvalue weighted by atomic mass is 79.9. The average Bonchev–Trinajstić information content (AvgIpc) is 2.40. The molecule has 1 aliphatic rings. The normalized spacial score (nSPS) is 18.6. The third-order valence-corrected chi connectivity index (χ3v) is 4.20. The van der Waals surface area contributed by atoms with Crippen molar-refractivity contribution in [2.75, 3.05) is 13.1 Å². The summed E-state index contributed by atoms with van der Waals surface area (Å²) in [5.41, 5.74) is 1.22. The number of aryl methyl sites for hydroxylation is 1. The van der Waals surface area contributed by atoms with E-state index < -0.39 is 17.9 Å². The molecule has 2 N–H and O–H groups in total. The maximum atomic E-state index is 12.5. The van der Waals surface area contributed by atoms with E-state index in [1.807, 2.05) is 13.0 Å². The number of hydrogen-bond donors (Lipinski definition) is 2. The molecule has 1 aromatic rings. The number of hydrogen-bond acceptors (Lipinski definition) is 3. The van der Waals surface area contributed by atoms with Gasteiger partial charge < -0.3 is 15.3 Å². The first-order chi connectivity index (χ1) is 9.41. The summed E-state index contributed by atoms with van der Waals surface area (Å²) in [6.07, 6.45) is 0. The van der Waals surface area contributed by atoms with Gasteiger partial charge in [0, 0.05) is 11.0 Å². The van der Waals surface area contributed by atoms with E-state index in [4.69, 9.17) is 5.11 Å². The zero-order valence-corrected chi connectivity index (χ0v) is 12.3. The summed E-state index contributed by atoms with van der Waals surface area (Å²) in [5, 5.41) is 11.6. The number of nitrogens with zero attached hydrogens (tertiary/aromatic N) is 1. The SMILES string of the molecule is Cc1cccc(C(=O)N2CC(=O)NCC2C(=O)O)c1Br. The maximum Gasteiger partial charge on any atom is 0.328 e. The quantitative estimate of drug-likeness (QED) is 0.832. The molecule has 6 nitrogen and oxygen atoms in total. The van der Waals surface area contributed by atoms with Gasteiger partial charge in [-0.1, -0.05) is 12.1 Å². The van der Waals surface area contributed by atoms with Crippen LogP contribution in [0.2, 0.25) is 0 Å². The smallest absolute Gasteiger partial charge is 0.328 e. The third-order valence-electron chi connectivity index (χ3n) is 3.15. The number of benzene rings is 1. The van der Waals surface area contributed by atoms with Crippen LogP contribution in [-0.4, -0.2) is 46.9 Å². The minimum Gasteiger partial charge on any atom is -0.480 e. The molecule has 0 spiro atoms. The zero-order chi connectivity index (χ0) is 14.9. The van der Waals surface area contributed by atoms with Crippen LogP contribution in [0.4, 0.5) is 0 Å². The molecule has 2 rings (SSSR count). The lowest BCUT2D eigenvalue weighted by atomic mass is 10.1. The van der Waals surface area contributed by atoms with Crippen LogP contribution < -0.4 is 5.32 Å². The van der Waals surface area contributed by atoms with Crippen molar-refractivity contribution < 1.29 is 19.5 Å². The van der Waals surface area contributed by atoms with Gasteiger partial charge in [0.2, 0.25) is 5.91 Å². The lowest BCUT2D eigenvalue weighted by Crippen LogP contribution is -2.59. The van der Waals surface area contributed by atoms with Gasteiger partial charge in [0.1, 0.15) is 12.6 Å². The van der Waals surface area contributed by atoms with Gasteiger partial charge in [-0.15, -0.1) is 0 Å². The van der Waals surface area contributed by atoms with E-state index in [0.29, 0.717) is 10.0 Å². The van der Waals surface area contributed by atoms with E-state index in [9.17, 15) is 14.4 Å². The number of carboxylic acids is 1. The number of carbonyl (C=O) groups excluding carboxylic acids is 2. The van der Waals surface area contributed by atoms with E-state index in [0.717, 1.165) is 10.5 Å². The highest BCUT2D eigenvalue weighted by molar-refractivity contribution is 9.10. The fraction of sp³-hybridized carbons (Fsp3) is 0.308. The highest BCUT2D eigenvalue weighted by Crippen LogP contribution is 2.23. The molecular formula is C13H13BrN2O4. The van der Waals surface area contributed by atoms with Crippen molar-refractivity contribution >= 4 is 33.7 Å². The first-order valence-electron chi connectivity index (χ1n) is 5.97. The van der Waals surface area contributed by atoms with Gasteiger partial charge in [0.15, 0.2) is 0 Å². The van der Waals surface area contributed by atoms with Crippen molar-refractivity contribution in [2.24, 2.45) is 0 Å². The molecule has 7 heteroatoms. The predicted molar refractivity (Wildman–Crippen MR) is 74.3 cm³/mol. The van der Waals surface area contributed by atoms with Gasteiger partial charge in [0.05, 0.1) is 5.56 Å². The van der Waals surface area contributed by atoms with Crippen LogP contribution in [0.3, 0.4) is 0 Å². The Kier molecular flexibility index (Phi) is 4.08. The molecular weight excluding hydrogens is 328 g/mol. The lowest BCUT2D eigenvalue weighted by Gasteiger charge is -2.33. The van der Waals surface area contributed by atoms with Crippen LogP contribution in [0.15, 0.2) is 22.7 Å². The van der Waals surface area contributed by atoms with E-state index >= 15 is 0 Å². The Hall–Kier alpha value is -1.89. The minimum atomic E-state index is -1.14. The van der Waals surface area contributed by atoms with Crippen LogP contribution in [0, 0.1) is 6.92 Å². The molecule has 1 atom stereocenters. The standard InChI is InChI=1S/C13H13BrN2O4/c1-7-3-2-4-8(11(7)14)12(18)16-6-10(17)15-5-9(16)13(19)20/h2-4,9H,5-6H2,1H3,(H,15,17)(H,19,20). The average molecular weight is 341 g/mol. The number of carboxylic acid groups (broad SMARTS) is 1. The monoisotopic (exact) mass is 340 g/mol. The van der Waals surface area contributed by atoms with Crippen molar-refractivity contribution in [1.29, 1.82) is 0 Å². The van der Waals surface area contributed by atoms with Crippen molar-refractivity contribution in [1.82, 2.24) is 10.2 Å². The van der Waals surface area contributed by atoms with Crippen LogP contribution >= 0.6 is 15.9 Å². The first-order valence-corrected chi connectivity index (χ1v) is 6.76. The summed E-state index contributed by atoms with van der Waals surface area (Å²) in [6, 6.07) is 4.10. The molecule has 0 aliphatic carbocycles. The fourth-order valence-corrected chi connectivity index (χ4v) is 2.48. The molecule has 20 heavy (non-hydrogen) atoms. The van der Waals surface area contributed by atoms with Gasteiger partial charge >= 0.3 is 5.97 Å². The summed E-state index contributed by atoms with van der Waals surface area (Å²) < 4.78 is 0.611. The van der Waals surface area contributed by atoms with Gasteiger partial charge in [0.25, 0.3) is 5.91 Å². The van der Waals surface area contributed by atoms with Crippen LogP contribution in [0.25, 0.3) is 0 Å². The first kappa shape index (κ1) is 14.5. The molecule has 0 saturated carbocycles. The molecule has 106 valence electrons. The second-order valence-corrected chi connectivity index (χ2v) is 5.32. The molecule has 1 fully saturated rings. The number of halogens is 1. The highest BCUT2D eigenvalue weighted by Gasteiger charge is 2.36. The molecule has 0 radical (unpaired) electrons. The van der Waals surface area contributed by atoms with Crippen LogP contribution in [0.1, 0.15) is 15.9 Å². The van der Waals surface area contributed by atoms with Gasteiger partial charge in [-0.2, -0.15) is 0 Å². The zero-order valence-electron chi connectivity index (χ0n) is 10.7. The Morgan fingerprint density at radius 2 is 2.15 bits per heavy atom. The molecule has 1 heterocycles. The predicted octanol–water partition coefficient (Wildman–Crippen LogP) is 0.783. The van der Waals surface area contributed by atoms with Gasteiger partial charge in [-0.25, -0.2) is 4.79 Å². The molecule has 1 aliphatic heterocycles. The number of piperazine rings is 1. The van der Waals surface area contributed by atoms with E-state index in [1.165, 1.54) is 0 Å². The second-order valence-electron chi connectivity index (χ2n) is 4.53. The molecule has 1 saturated heterocycles. The number of aliphatic carboxylic acids is 1. The third kappa shape index (κ3) is 2.67. The number of rotatable bonds is 2. The van der Waals surface area contributed by atoms with E-state index in [-0.39, 0.29) is 19.0 Å². The maximum absolute atomic E-state index is 12.5. The molecule has 1 aromatic carbocycles. The Labute approximate surface area is 123 Å². The Bertz CT molecular complexity index is 588. The fourth-order valence-electron chi connectivity index (χ4n) is 2.04. The van der Waals surface area contributed by atoms with Crippen molar-refractivity contribution in [3.8, 4) is 0 Å². The Morgan fingerprint density at radius 1 is 1.45 bits per heavy atom. The van der Waals surface area contributed by atoms with Gasteiger partial charge in [-0.3, -0.25) is 9.59 Å². The summed E-state index contributed by atoms with van der Waals surface area (Å²) in [4.78, 5) is 36.2. The summed E-state index contributed by atoms with van der Waals surface area (Å²) in [5.74, 6) is -1.97. The summed E-state index contributed by atoms with van der Waals surface area (Å²) in [6.45, 7) is 1.50. The van der Waals surface area contributed by atoms with Crippen LogP contribution in [0.5, 0.6) is 0 Å². The van der Waals surface area contributed by atoms with Crippen molar-refractivity contribution in [3.05, 3.63) is 33.8 Å². The van der Waals surface area contributed by atoms with Crippen LogP contribution in [-0.2, 0) is 9.59 Å². The Morgan fingerprint density at radius 3 is 2.80 bits per heavy atom. The molecule has 1 unspecified atom stereocenters. The topological polar surface area (TPSA) is 86.7 Å².